The molecule has 0 heterocycles. The van der Waals surface area contributed by atoms with Crippen LogP contribution in [0.1, 0.15) is 111 Å². The minimum Gasteiger partial charge on any atom is -0.303 e. The van der Waals surface area contributed by atoms with Crippen molar-refractivity contribution in [2.24, 2.45) is 0 Å². The quantitative estimate of drug-likeness (QED) is 0.273. The first-order valence-electron chi connectivity index (χ1n) is 10.4. The van der Waals surface area contributed by atoms with Gasteiger partial charge in [-0.05, 0) is 52.2 Å². The van der Waals surface area contributed by atoms with Gasteiger partial charge in [-0.3, -0.25) is 0 Å². The third-order valence-electron chi connectivity index (χ3n) is 4.66. The van der Waals surface area contributed by atoms with Crippen LogP contribution in [0.15, 0.2) is 0 Å². The summed E-state index contributed by atoms with van der Waals surface area (Å²) in [6, 6.07) is 0. The van der Waals surface area contributed by atoms with Gasteiger partial charge < -0.3 is 9.69 Å². The molecule has 0 unspecified atom stereocenters. The molecule has 0 saturated carbocycles. The Hall–Kier alpha value is -0.370. The van der Waals surface area contributed by atoms with E-state index in [1.54, 1.807) is 6.92 Å². The average Bonchev–Trinajstić information content (AvgIpc) is 2.53. The number of hydrogen-bond donors (Lipinski definition) is 0. The maximum absolute atomic E-state index is 10.9. The van der Waals surface area contributed by atoms with Crippen LogP contribution >= 0.6 is 0 Å². The molecule has 138 valence electrons. The highest BCUT2D eigenvalue weighted by atomic mass is 16.1. The number of nitrogens with zero attached hydrogens (tertiary/aromatic N) is 1. The number of rotatable bonds is 18. The van der Waals surface area contributed by atoms with Gasteiger partial charge in [-0.2, -0.15) is 0 Å². The van der Waals surface area contributed by atoms with Gasteiger partial charge in [0.1, 0.15) is 5.78 Å². The molecule has 0 aliphatic carbocycles. The Morgan fingerprint density at radius 1 is 0.609 bits per heavy atom. The van der Waals surface area contributed by atoms with Crippen molar-refractivity contribution in [3.63, 3.8) is 0 Å². The largest absolute Gasteiger partial charge is 0.303 e. The van der Waals surface area contributed by atoms with E-state index in [1.165, 1.54) is 96.7 Å². The molecule has 0 N–H and O–H groups in total. The van der Waals surface area contributed by atoms with Crippen molar-refractivity contribution in [2.75, 3.05) is 19.6 Å². The van der Waals surface area contributed by atoms with E-state index in [0.717, 1.165) is 12.8 Å². The fraction of sp³-hybridized carbons (Fsp3) is 0.952. The van der Waals surface area contributed by atoms with E-state index in [-0.39, 0.29) is 0 Å². The molecular weight excluding hydrogens is 282 g/mol. The number of unbranched alkanes of at least 4 members (excludes halogenated alkanes) is 10. The van der Waals surface area contributed by atoms with E-state index in [4.69, 9.17) is 0 Å². The highest BCUT2D eigenvalue weighted by Crippen LogP contribution is 2.10. The van der Waals surface area contributed by atoms with Gasteiger partial charge in [0.05, 0.1) is 0 Å². The van der Waals surface area contributed by atoms with Crippen molar-refractivity contribution in [3.8, 4) is 0 Å². The molecule has 0 aromatic carbocycles. The van der Waals surface area contributed by atoms with E-state index in [1.807, 2.05) is 0 Å². The molecule has 0 bridgehead atoms. The maximum atomic E-state index is 10.9. The number of ketones is 1. The highest BCUT2D eigenvalue weighted by Gasteiger charge is 2.04. The topological polar surface area (TPSA) is 20.3 Å². The first-order chi connectivity index (χ1) is 11.2. The first kappa shape index (κ1) is 22.6. The van der Waals surface area contributed by atoms with Crippen LogP contribution in [0.4, 0.5) is 0 Å². The third-order valence-corrected chi connectivity index (χ3v) is 4.66. The summed E-state index contributed by atoms with van der Waals surface area (Å²) < 4.78 is 0. The zero-order valence-electron chi connectivity index (χ0n) is 16.4. The Morgan fingerprint density at radius 2 is 1.04 bits per heavy atom. The molecule has 0 saturated heterocycles. The molecule has 2 heteroatoms. The van der Waals surface area contributed by atoms with Gasteiger partial charge in [-0.25, -0.2) is 0 Å². The standard InChI is InChI=1S/C21H43NO/c1-4-6-8-15-19-22(18-7-5-2)20-16-13-11-9-10-12-14-17-21(3)23/h4-20H2,1-3H3. The van der Waals surface area contributed by atoms with Crippen molar-refractivity contribution < 1.29 is 4.79 Å². The molecule has 2 nitrogen and oxygen atoms in total. The van der Waals surface area contributed by atoms with Crippen LogP contribution in [0.25, 0.3) is 0 Å². The molecule has 0 radical (unpaired) electrons. The van der Waals surface area contributed by atoms with Crippen LogP contribution in [0.2, 0.25) is 0 Å². The molecule has 0 aliphatic heterocycles. The molecule has 0 aliphatic rings. The number of carbonyl (C=O) groups excluding carboxylic acids is 1. The van der Waals surface area contributed by atoms with Crippen molar-refractivity contribution in [3.05, 3.63) is 0 Å². The maximum Gasteiger partial charge on any atom is 0.129 e. The third kappa shape index (κ3) is 17.8. The van der Waals surface area contributed by atoms with Gasteiger partial charge in [0.25, 0.3) is 0 Å². The summed E-state index contributed by atoms with van der Waals surface area (Å²) in [6.07, 6.45) is 18.1. The number of Topliss-reactive ketones (excluding diaryl/α,β-unsaturated/α-hetero) is 1. The Balaban J connectivity index is 3.51. The van der Waals surface area contributed by atoms with Gasteiger partial charge in [0.2, 0.25) is 0 Å². The van der Waals surface area contributed by atoms with Crippen LogP contribution in [-0.2, 0) is 4.79 Å². The lowest BCUT2D eigenvalue weighted by Crippen LogP contribution is -2.27. The van der Waals surface area contributed by atoms with Crippen molar-refractivity contribution in [2.45, 2.75) is 111 Å². The molecule has 0 spiro atoms. The summed E-state index contributed by atoms with van der Waals surface area (Å²) in [5.41, 5.74) is 0. The molecular formula is C21H43NO. The minimum absolute atomic E-state index is 0.344. The number of carbonyl (C=O) groups is 1. The second-order valence-corrected chi connectivity index (χ2v) is 7.18. The van der Waals surface area contributed by atoms with Crippen molar-refractivity contribution in [1.29, 1.82) is 0 Å². The summed E-state index contributed by atoms with van der Waals surface area (Å²) in [6.45, 7) is 10.2. The van der Waals surface area contributed by atoms with E-state index >= 15 is 0 Å². The van der Waals surface area contributed by atoms with Crippen LogP contribution in [0.3, 0.4) is 0 Å². The van der Waals surface area contributed by atoms with E-state index < -0.39 is 0 Å². The molecule has 0 aromatic rings. The lowest BCUT2D eigenvalue weighted by atomic mass is 10.1. The lowest BCUT2D eigenvalue weighted by Gasteiger charge is -2.22. The van der Waals surface area contributed by atoms with E-state index in [2.05, 4.69) is 18.7 Å². The fourth-order valence-corrected chi connectivity index (χ4v) is 3.07. The monoisotopic (exact) mass is 325 g/mol. The predicted molar refractivity (Wildman–Crippen MR) is 103 cm³/mol. The first-order valence-corrected chi connectivity index (χ1v) is 10.4. The van der Waals surface area contributed by atoms with Crippen molar-refractivity contribution in [1.82, 2.24) is 4.90 Å². The Morgan fingerprint density at radius 3 is 1.57 bits per heavy atom. The second kappa shape index (κ2) is 18.0. The summed E-state index contributed by atoms with van der Waals surface area (Å²) in [4.78, 5) is 13.6. The van der Waals surface area contributed by atoms with E-state index in [9.17, 15) is 4.79 Å². The summed E-state index contributed by atoms with van der Waals surface area (Å²) in [5.74, 6) is 0.344. The van der Waals surface area contributed by atoms with Crippen LogP contribution < -0.4 is 0 Å². The second-order valence-electron chi connectivity index (χ2n) is 7.18. The summed E-state index contributed by atoms with van der Waals surface area (Å²) in [7, 11) is 0. The van der Waals surface area contributed by atoms with Crippen LogP contribution in [0.5, 0.6) is 0 Å². The Bertz CT molecular complexity index is 252. The Labute approximate surface area is 146 Å². The molecule has 0 atom stereocenters. The predicted octanol–water partition coefficient (Wildman–Crippen LogP) is 6.38. The van der Waals surface area contributed by atoms with Gasteiger partial charge in [0.15, 0.2) is 0 Å². The fourth-order valence-electron chi connectivity index (χ4n) is 3.07. The molecule has 0 fully saturated rings. The van der Waals surface area contributed by atoms with Crippen LogP contribution in [0, 0.1) is 0 Å². The molecule has 0 amide bonds. The van der Waals surface area contributed by atoms with Crippen molar-refractivity contribution >= 4 is 5.78 Å². The zero-order chi connectivity index (χ0) is 17.2. The smallest absolute Gasteiger partial charge is 0.129 e. The summed E-state index contributed by atoms with van der Waals surface area (Å²) in [5, 5.41) is 0. The van der Waals surface area contributed by atoms with Gasteiger partial charge in [0, 0.05) is 6.42 Å². The molecule has 0 rings (SSSR count). The number of hydrogen-bond acceptors (Lipinski definition) is 2. The lowest BCUT2D eigenvalue weighted by molar-refractivity contribution is -0.117. The Kier molecular flexibility index (Phi) is 17.7. The average molecular weight is 326 g/mol. The molecule has 0 aromatic heterocycles. The zero-order valence-corrected chi connectivity index (χ0v) is 16.4. The van der Waals surface area contributed by atoms with Gasteiger partial charge >= 0.3 is 0 Å². The van der Waals surface area contributed by atoms with Gasteiger partial charge in [-0.15, -0.1) is 0 Å². The SMILES string of the molecule is CCCCCCN(CCCC)CCCCCCCCCC(C)=O. The van der Waals surface area contributed by atoms with E-state index in [0.29, 0.717) is 5.78 Å². The highest BCUT2D eigenvalue weighted by molar-refractivity contribution is 5.75. The van der Waals surface area contributed by atoms with Gasteiger partial charge in [-0.1, -0.05) is 71.6 Å². The normalized spacial score (nSPS) is 11.3. The minimum atomic E-state index is 0.344. The summed E-state index contributed by atoms with van der Waals surface area (Å²) >= 11 is 0. The van der Waals surface area contributed by atoms with Crippen LogP contribution in [-0.4, -0.2) is 30.3 Å². The molecule has 23 heavy (non-hydrogen) atoms.